The van der Waals surface area contributed by atoms with Gasteiger partial charge in [0.2, 0.25) is 5.91 Å². The van der Waals surface area contributed by atoms with Crippen LogP contribution in [-0.4, -0.2) is 29.9 Å². The number of aryl methyl sites for hydroxylation is 1. The number of para-hydroxylation sites is 1. The molecule has 0 saturated heterocycles. The first kappa shape index (κ1) is 20.1. The van der Waals surface area contributed by atoms with E-state index in [0.717, 1.165) is 36.5 Å². The zero-order valence-corrected chi connectivity index (χ0v) is 17.5. The molecule has 0 spiro atoms. The maximum atomic E-state index is 12.3. The molecule has 1 aromatic heterocycles. The van der Waals surface area contributed by atoms with Crippen molar-refractivity contribution in [3.63, 3.8) is 0 Å². The van der Waals surface area contributed by atoms with E-state index in [4.69, 9.17) is 0 Å². The van der Waals surface area contributed by atoms with E-state index in [-0.39, 0.29) is 24.8 Å². The van der Waals surface area contributed by atoms with Crippen LogP contribution in [0.1, 0.15) is 28.2 Å². The van der Waals surface area contributed by atoms with Crippen LogP contribution in [0.25, 0.3) is 0 Å². The maximum Gasteiger partial charge on any atom is 0.257 e. The number of benzene rings is 2. The van der Waals surface area contributed by atoms with Crippen LogP contribution in [-0.2, 0) is 28.9 Å². The third kappa shape index (κ3) is 5.24. The fourth-order valence-corrected chi connectivity index (χ4v) is 4.45. The van der Waals surface area contributed by atoms with Crippen LogP contribution in [0.5, 0.6) is 0 Å². The smallest absolute Gasteiger partial charge is 0.257 e. The number of aromatic nitrogens is 1. The van der Waals surface area contributed by atoms with Gasteiger partial charge < -0.3 is 4.90 Å². The van der Waals surface area contributed by atoms with E-state index in [0.29, 0.717) is 5.69 Å². The van der Waals surface area contributed by atoms with Gasteiger partial charge in [-0.3, -0.25) is 20.4 Å². The van der Waals surface area contributed by atoms with Gasteiger partial charge in [0.15, 0.2) is 0 Å². The number of fused-ring (bicyclic) bond motifs is 1. The number of thiazole rings is 1. The maximum absolute atomic E-state index is 12.3. The fraction of sp³-hybridized carbons (Fsp3) is 0.261. The number of anilines is 1. The van der Waals surface area contributed by atoms with Crippen molar-refractivity contribution in [2.75, 3.05) is 18.0 Å². The van der Waals surface area contributed by atoms with Crippen LogP contribution in [0, 0.1) is 0 Å². The second-order valence-corrected chi connectivity index (χ2v) is 8.26. The van der Waals surface area contributed by atoms with Crippen LogP contribution in [0.4, 0.5) is 5.69 Å². The monoisotopic (exact) mass is 420 g/mol. The van der Waals surface area contributed by atoms with Crippen molar-refractivity contribution in [1.82, 2.24) is 15.8 Å². The van der Waals surface area contributed by atoms with Gasteiger partial charge in [0, 0.05) is 24.0 Å². The average Bonchev–Trinajstić information content (AvgIpc) is 3.20. The molecule has 0 saturated carbocycles. The van der Waals surface area contributed by atoms with Gasteiger partial charge in [-0.15, -0.1) is 11.3 Å². The summed E-state index contributed by atoms with van der Waals surface area (Å²) < 4.78 is 0. The Morgan fingerprint density at radius 1 is 1.00 bits per heavy atom. The molecule has 0 fully saturated rings. The van der Waals surface area contributed by atoms with E-state index in [1.54, 1.807) is 11.3 Å². The minimum atomic E-state index is -0.279. The molecule has 0 unspecified atom stereocenters. The standard InChI is InChI=1S/C23H24N4O2S/c28-21(14-19-16-30-23(24-19)13-17-7-2-1-3-8-17)25-26-22(29)15-27-12-6-10-18-9-4-5-11-20(18)27/h1-5,7-9,11,16H,6,10,12-15H2,(H,25,28)(H,26,29). The first-order valence-corrected chi connectivity index (χ1v) is 10.9. The third-order valence-corrected chi connectivity index (χ3v) is 5.92. The molecule has 3 aromatic rings. The molecular formula is C23H24N4O2S. The zero-order valence-electron chi connectivity index (χ0n) is 16.6. The van der Waals surface area contributed by atoms with Crippen molar-refractivity contribution >= 4 is 28.8 Å². The molecule has 6 nitrogen and oxygen atoms in total. The van der Waals surface area contributed by atoms with E-state index in [1.807, 2.05) is 41.8 Å². The molecule has 0 bridgehead atoms. The highest BCUT2D eigenvalue weighted by Gasteiger charge is 2.19. The third-order valence-electron chi connectivity index (χ3n) is 5.02. The highest BCUT2D eigenvalue weighted by molar-refractivity contribution is 7.09. The lowest BCUT2D eigenvalue weighted by Gasteiger charge is -2.30. The molecule has 2 amide bonds. The van der Waals surface area contributed by atoms with Crippen molar-refractivity contribution in [3.05, 3.63) is 81.8 Å². The number of nitrogens with one attached hydrogen (secondary N) is 2. The molecule has 2 aromatic carbocycles. The molecule has 30 heavy (non-hydrogen) atoms. The Hall–Kier alpha value is -3.19. The summed E-state index contributed by atoms with van der Waals surface area (Å²) in [4.78, 5) is 31.1. The van der Waals surface area contributed by atoms with E-state index >= 15 is 0 Å². The van der Waals surface area contributed by atoms with E-state index < -0.39 is 0 Å². The lowest BCUT2D eigenvalue weighted by molar-refractivity contribution is -0.127. The van der Waals surface area contributed by atoms with Gasteiger partial charge in [-0.2, -0.15) is 0 Å². The summed E-state index contributed by atoms with van der Waals surface area (Å²) in [5.74, 6) is -0.512. The Labute approximate surface area is 179 Å². The van der Waals surface area contributed by atoms with Crippen molar-refractivity contribution in [2.24, 2.45) is 0 Å². The molecule has 154 valence electrons. The molecule has 4 rings (SSSR count). The Kier molecular flexibility index (Phi) is 6.39. The molecule has 2 N–H and O–H groups in total. The summed E-state index contributed by atoms with van der Waals surface area (Å²) in [5.41, 5.74) is 9.28. The minimum Gasteiger partial charge on any atom is -0.362 e. The van der Waals surface area contributed by atoms with Gasteiger partial charge in [-0.1, -0.05) is 48.5 Å². The van der Waals surface area contributed by atoms with Gasteiger partial charge in [0.1, 0.15) is 0 Å². The van der Waals surface area contributed by atoms with Gasteiger partial charge in [0.05, 0.1) is 23.7 Å². The highest BCUT2D eigenvalue weighted by Crippen LogP contribution is 2.26. The molecule has 0 aliphatic carbocycles. The van der Waals surface area contributed by atoms with Crippen molar-refractivity contribution in [2.45, 2.75) is 25.7 Å². The largest absolute Gasteiger partial charge is 0.362 e. The number of carbonyl (C=O) groups is 2. The molecule has 1 aliphatic heterocycles. The van der Waals surface area contributed by atoms with Gasteiger partial charge in [0.25, 0.3) is 5.91 Å². The predicted molar refractivity (Wildman–Crippen MR) is 118 cm³/mol. The average molecular weight is 421 g/mol. The topological polar surface area (TPSA) is 74.3 Å². The van der Waals surface area contributed by atoms with E-state index in [1.165, 1.54) is 11.1 Å². The van der Waals surface area contributed by atoms with Crippen LogP contribution in [0.15, 0.2) is 60.0 Å². The SMILES string of the molecule is O=C(Cc1csc(Cc2ccccc2)n1)NNC(=O)CN1CCCc2ccccc21. The lowest BCUT2D eigenvalue weighted by Crippen LogP contribution is -2.47. The predicted octanol–water partition coefficient (Wildman–Crippen LogP) is 2.88. The quantitative estimate of drug-likeness (QED) is 0.602. The Balaban J connectivity index is 1.24. The summed E-state index contributed by atoms with van der Waals surface area (Å²) in [5, 5.41) is 2.86. The molecule has 0 atom stereocenters. The molecule has 7 heteroatoms. The normalized spacial score (nSPS) is 12.9. The number of nitrogens with zero attached hydrogens (tertiary/aromatic N) is 2. The first-order chi connectivity index (χ1) is 14.7. The Morgan fingerprint density at radius 2 is 1.77 bits per heavy atom. The van der Waals surface area contributed by atoms with Gasteiger partial charge in [-0.05, 0) is 30.0 Å². The number of amides is 2. The zero-order chi connectivity index (χ0) is 20.8. The van der Waals surface area contributed by atoms with Gasteiger partial charge in [-0.25, -0.2) is 4.98 Å². The number of rotatable bonds is 6. The lowest BCUT2D eigenvalue weighted by atomic mass is 10.0. The summed E-state index contributed by atoms with van der Waals surface area (Å²) in [6, 6.07) is 18.2. The van der Waals surface area contributed by atoms with Crippen LogP contribution < -0.4 is 15.8 Å². The van der Waals surface area contributed by atoms with E-state index in [9.17, 15) is 9.59 Å². The minimum absolute atomic E-state index is 0.137. The second-order valence-electron chi connectivity index (χ2n) is 7.32. The highest BCUT2D eigenvalue weighted by atomic mass is 32.1. The summed E-state index contributed by atoms with van der Waals surface area (Å²) in [6.07, 6.45) is 2.94. The molecular weight excluding hydrogens is 396 g/mol. The van der Waals surface area contributed by atoms with Crippen LogP contribution in [0.2, 0.25) is 0 Å². The number of hydrazine groups is 1. The number of hydrogen-bond donors (Lipinski definition) is 2. The summed E-state index contributed by atoms with van der Waals surface area (Å²) >= 11 is 1.54. The molecule has 0 radical (unpaired) electrons. The number of hydrogen-bond acceptors (Lipinski definition) is 5. The van der Waals surface area contributed by atoms with Crippen molar-refractivity contribution in [1.29, 1.82) is 0 Å². The van der Waals surface area contributed by atoms with Crippen molar-refractivity contribution in [3.8, 4) is 0 Å². The van der Waals surface area contributed by atoms with Crippen molar-refractivity contribution < 1.29 is 9.59 Å². The van der Waals surface area contributed by atoms with Crippen LogP contribution >= 0.6 is 11.3 Å². The fourth-order valence-electron chi connectivity index (χ4n) is 3.62. The summed E-state index contributed by atoms with van der Waals surface area (Å²) in [7, 11) is 0. The Bertz CT molecular complexity index is 1020. The molecule has 1 aliphatic rings. The molecule has 2 heterocycles. The second kappa shape index (κ2) is 9.54. The summed E-state index contributed by atoms with van der Waals surface area (Å²) in [6.45, 7) is 1.05. The van der Waals surface area contributed by atoms with E-state index in [2.05, 4.69) is 38.9 Å². The van der Waals surface area contributed by atoms with Crippen LogP contribution in [0.3, 0.4) is 0 Å². The Morgan fingerprint density at radius 3 is 2.63 bits per heavy atom. The number of carbonyl (C=O) groups excluding carboxylic acids is 2. The first-order valence-electron chi connectivity index (χ1n) is 10.0. The van der Waals surface area contributed by atoms with Gasteiger partial charge >= 0.3 is 0 Å².